The Bertz CT molecular complexity index is 563. The zero-order chi connectivity index (χ0) is 15.6. The van der Waals surface area contributed by atoms with Gasteiger partial charge in [0.05, 0.1) is 13.2 Å². The van der Waals surface area contributed by atoms with Gasteiger partial charge in [0.25, 0.3) is 0 Å². The molecular formula is C16H18N2O4. The van der Waals surface area contributed by atoms with Crippen LogP contribution in [0.4, 0.5) is 11.4 Å². The summed E-state index contributed by atoms with van der Waals surface area (Å²) in [6.07, 6.45) is 0. The largest absolute Gasteiger partial charge is 0.489 e. The SMILES string of the molecule is OCCOc1ccccc1N=Nc1ccccc1OCCO. The summed E-state index contributed by atoms with van der Waals surface area (Å²) in [5, 5.41) is 26.0. The van der Waals surface area contributed by atoms with E-state index in [1.807, 2.05) is 24.3 Å². The van der Waals surface area contributed by atoms with Crippen molar-refractivity contribution in [2.24, 2.45) is 10.2 Å². The fourth-order valence-electron chi connectivity index (χ4n) is 1.74. The number of hydrogen-bond acceptors (Lipinski definition) is 6. The van der Waals surface area contributed by atoms with Crippen molar-refractivity contribution in [3.05, 3.63) is 48.5 Å². The number of azo groups is 1. The number of aliphatic hydroxyl groups is 2. The van der Waals surface area contributed by atoms with E-state index in [0.29, 0.717) is 22.9 Å². The highest BCUT2D eigenvalue weighted by molar-refractivity contribution is 5.54. The molecule has 0 unspecified atom stereocenters. The van der Waals surface area contributed by atoms with Gasteiger partial charge in [-0.2, -0.15) is 0 Å². The van der Waals surface area contributed by atoms with Crippen molar-refractivity contribution in [3.8, 4) is 11.5 Å². The molecule has 2 aromatic rings. The third-order valence-corrected chi connectivity index (χ3v) is 2.69. The van der Waals surface area contributed by atoms with Gasteiger partial charge in [0, 0.05) is 0 Å². The van der Waals surface area contributed by atoms with Crippen LogP contribution < -0.4 is 9.47 Å². The van der Waals surface area contributed by atoms with Crippen LogP contribution in [0.1, 0.15) is 0 Å². The van der Waals surface area contributed by atoms with Crippen LogP contribution in [0.2, 0.25) is 0 Å². The molecular weight excluding hydrogens is 284 g/mol. The Balaban J connectivity index is 2.18. The fourth-order valence-corrected chi connectivity index (χ4v) is 1.74. The highest BCUT2D eigenvalue weighted by atomic mass is 16.5. The van der Waals surface area contributed by atoms with Gasteiger partial charge in [-0.25, -0.2) is 0 Å². The Labute approximate surface area is 128 Å². The molecule has 0 bridgehead atoms. The third-order valence-electron chi connectivity index (χ3n) is 2.69. The molecule has 0 saturated carbocycles. The summed E-state index contributed by atoms with van der Waals surface area (Å²) in [6, 6.07) is 14.4. The summed E-state index contributed by atoms with van der Waals surface area (Å²) in [4.78, 5) is 0. The minimum absolute atomic E-state index is 0.0662. The van der Waals surface area contributed by atoms with Crippen LogP contribution in [0.25, 0.3) is 0 Å². The van der Waals surface area contributed by atoms with E-state index in [1.54, 1.807) is 24.3 Å². The van der Waals surface area contributed by atoms with Gasteiger partial charge in [-0.1, -0.05) is 24.3 Å². The van der Waals surface area contributed by atoms with E-state index in [1.165, 1.54) is 0 Å². The summed E-state index contributed by atoms with van der Waals surface area (Å²) in [5.41, 5.74) is 1.13. The molecule has 2 N–H and O–H groups in total. The second kappa shape index (κ2) is 8.76. The maximum atomic E-state index is 8.83. The zero-order valence-corrected chi connectivity index (χ0v) is 12.1. The van der Waals surface area contributed by atoms with Gasteiger partial charge >= 0.3 is 0 Å². The predicted molar refractivity (Wildman–Crippen MR) is 82.2 cm³/mol. The number of hydrogen-bond donors (Lipinski definition) is 2. The van der Waals surface area contributed by atoms with Crippen LogP contribution in [0.5, 0.6) is 11.5 Å². The first-order chi connectivity index (χ1) is 10.8. The van der Waals surface area contributed by atoms with Crippen LogP contribution in [-0.2, 0) is 0 Å². The normalized spacial score (nSPS) is 10.8. The summed E-state index contributed by atoms with van der Waals surface area (Å²) in [7, 11) is 0. The van der Waals surface area contributed by atoms with Crippen molar-refractivity contribution in [2.75, 3.05) is 26.4 Å². The summed E-state index contributed by atoms with van der Waals surface area (Å²) >= 11 is 0. The van der Waals surface area contributed by atoms with Crippen LogP contribution in [-0.4, -0.2) is 36.6 Å². The van der Waals surface area contributed by atoms with Gasteiger partial charge in [0.15, 0.2) is 0 Å². The van der Waals surface area contributed by atoms with Crippen molar-refractivity contribution in [1.82, 2.24) is 0 Å². The second-order valence-corrected chi connectivity index (χ2v) is 4.28. The van der Waals surface area contributed by atoms with Crippen LogP contribution in [0, 0.1) is 0 Å². The van der Waals surface area contributed by atoms with Gasteiger partial charge in [0.1, 0.15) is 36.1 Å². The molecule has 0 atom stereocenters. The molecule has 0 heterocycles. The van der Waals surface area contributed by atoms with Crippen molar-refractivity contribution in [2.45, 2.75) is 0 Å². The lowest BCUT2D eigenvalue weighted by atomic mass is 10.3. The Kier molecular flexibility index (Phi) is 6.35. The molecule has 2 rings (SSSR count). The Morgan fingerprint density at radius 3 is 1.50 bits per heavy atom. The van der Waals surface area contributed by atoms with E-state index < -0.39 is 0 Å². The van der Waals surface area contributed by atoms with E-state index in [9.17, 15) is 0 Å². The summed E-state index contributed by atoms with van der Waals surface area (Å²) in [6.45, 7) is 0.262. The van der Waals surface area contributed by atoms with Crippen molar-refractivity contribution < 1.29 is 19.7 Å². The molecule has 0 saturated heterocycles. The molecule has 0 aliphatic heterocycles. The van der Waals surface area contributed by atoms with E-state index in [4.69, 9.17) is 19.7 Å². The second-order valence-electron chi connectivity index (χ2n) is 4.28. The number of nitrogens with zero attached hydrogens (tertiary/aromatic N) is 2. The molecule has 2 aromatic carbocycles. The van der Waals surface area contributed by atoms with Gasteiger partial charge in [-0.3, -0.25) is 0 Å². The first kappa shape index (κ1) is 15.9. The molecule has 0 aromatic heterocycles. The average Bonchev–Trinajstić information content (AvgIpc) is 2.57. The molecule has 116 valence electrons. The van der Waals surface area contributed by atoms with Crippen molar-refractivity contribution in [3.63, 3.8) is 0 Å². The van der Waals surface area contributed by atoms with E-state index in [-0.39, 0.29) is 26.4 Å². The fraction of sp³-hybridized carbons (Fsp3) is 0.250. The lowest BCUT2D eigenvalue weighted by Crippen LogP contribution is -2.01. The van der Waals surface area contributed by atoms with E-state index in [0.717, 1.165) is 0 Å². The third kappa shape index (κ3) is 4.54. The van der Waals surface area contributed by atoms with Crippen molar-refractivity contribution >= 4 is 11.4 Å². The molecule has 0 spiro atoms. The minimum atomic E-state index is -0.0662. The lowest BCUT2D eigenvalue weighted by Gasteiger charge is -2.07. The number of para-hydroxylation sites is 2. The monoisotopic (exact) mass is 302 g/mol. The van der Waals surface area contributed by atoms with Crippen molar-refractivity contribution in [1.29, 1.82) is 0 Å². The van der Waals surface area contributed by atoms with E-state index in [2.05, 4.69) is 10.2 Å². The molecule has 0 amide bonds. The topological polar surface area (TPSA) is 83.6 Å². The molecule has 0 fully saturated rings. The van der Waals surface area contributed by atoms with Gasteiger partial charge in [-0.15, -0.1) is 10.2 Å². The number of rotatable bonds is 8. The molecule has 0 aliphatic carbocycles. The molecule has 6 nitrogen and oxygen atoms in total. The van der Waals surface area contributed by atoms with Crippen LogP contribution in [0.15, 0.2) is 58.8 Å². The van der Waals surface area contributed by atoms with Gasteiger partial charge in [-0.05, 0) is 24.3 Å². The zero-order valence-electron chi connectivity index (χ0n) is 12.1. The highest BCUT2D eigenvalue weighted by Gasteiger charge is 2.04. The van der Waals surface area contributed by atoms with Gasteiger partial charge < -0.3 is 19.7 Å². The number of benzene rings is 2. The Morgan fingerprint density at radius 2 is 1.09 bits per heavy atom. The molecule has 22 heavy (non-hydrogen) atoms. The molecule has 0 radical (unpaired) electrons. The first-order valence-electron chi connectivity index (χ1n) is 6.92. The maximum Gasteiger partial charge on any atom is 0.146 e. The summed E-state index contributed by atoms with van der Waals surface area (Å²) in [5.74, 6) is 1.10. The molecule has 6 heteroatoms. The average molecular weight is 302 g/mol. The predicted octanol–water partition coefficient (Wildman–Crippen LogP) is 2.84. The minimum Gasteiger partial charge on any atom is -0.489 e. The number of ether oxygens (including phenoxy) is 2. The van der Waals surface area contributed by atoms with Gasteiger partial charge in [0.2, 0.25) is 0 Å². The highest BCUT2D eigenvalue weighted by Crippen LogP contribution is 2.32. The Morgan fingerprint density at radius 1 is 0.682 bits per heavy atom. The van der Waals surface area contributed by atoms with Crippen LogP contribution >= 0.6 is 0 Å². The Hall–Kier alpha value is -2.44. The lowest BCUT2D eigenvalue weighted by molar-refractivity contribution is 0.201. The first-order valence-corrected chi connectivity index (χ1v) is 6.92. The smallest absolute Gasteiger partial charge is 0.146 e. The quantitative estimate of drug-likeness (QED) is 0.734. The molecule has 0 aliphatic rings. The summed E-state index contributed by atoms with van der Waals surface area (Å²) < 4.78 is 10.8. The van der Waals surface area contributed by atoms with E-state index >= 15 is 0 Å². The maximum absolute atomic E-state index is 8.83. The number of aliphatic hydroxyl groups excluding tert-OH is 2. The standard InChI is InChI=1S/C16H18N2O4/c19-9-11-21-15-7-3-1-5-13(15)17-18-14-6-2-4-8-16(14)22-12-10-20/h1-8,19-20H,9-12H2. The van der Waals surface area contributed by atoms with Crippen LogP contribution in [0.3, 0.4) is 0 Å².